The zero-order valence-electron chi connectivity index (χ0n) is 20.0. The summed E-state index contributed by atoms with van der Waals surface area (Å²) in [6, 6.07) is 7.51. The van der Waals surface area contributed by atoms with Gasteiger partial charge in [0.2, 0.25) is 5.82 Å². The zero-order valence-corrected chi connectivity index (χ0v) is 20.0. The Labute approximate surface area is 207 Å². The summed E-state index contributed by atoms with van der Waals surface area (Å²) in [6.45, 7) is 4.65. The number of hydrogen-bond acceptors (Lipinski definition) is 7. The molecule has 5 rings (SSSR count). The van der Waals surface area contributed by atoms with Crippen molar-refractivity contribution in [3.8, 4) is 5.75 Å². The maximum atomic E-state index is 13.3. The maximum absolute atomic E-state index is 13.3. The number of carbonyl (C=O) groups is 2. The minimum absolute atomic E-state index is 0.0180. The Hall–Kier alpha value is -3.15. The number of fused-ring (bicyclic) bond motifs is 1. The zero-order chi connectivity index (χ0) is 25.7. The number of hydrogen-bond donors (Lipinski definition) is 2. The fraction of sp³-hybridized carbons (Fsp3) is 0.480. The molecule has 2 aromatic rings. The molecule has 194 valence electrons. The molecule has 4 unspecified atom stereocenters. The molecule has 1 aromatic heterocycles. The van der Waals surface area contributed by atoms with E-state index in [9.17, 15) is 18.4 Å². The Balaban J connectivity index is 0.000000169. The molecule has 3 aliphatic rings. The van der Waals surface area contributed by atoms with Crippen LogP contribution in [0.1, 0.15) is 36.7 Å². The molecule has 3 fully saturated rings. The fourth-order valence-electron chi connectivity index (χ4n) is 4.22. The standard InChI is InChI=1S/C13H15F2NO2.C12H15N3O3/c14-9-2-1-3-11(13(9)15)17-6-4-16-5-7-18-12-8-10(12)16;1-7-2-3-10(18-7)12(17)15-8-4-5-14-9(6-8)11(13)16/h1-3,10,12H,4-8H2;4-7,10H,2-3H2,1H3,(H2,13,16)(H,14,15,17). The maximum Gasteiger partial charge on any atom is 0.267 e. The van der Waals surface area contributed by atoms with Crippen molar-refractivity contribution in [2.24, 2.45) is 5.73 Å². The van der Waals surface area contributed by atoms with Gasteiger partial charge >= 0.3 is 0 Å². The highest BCUT2D eigenvalue weighted by atomic mass is 19.2. The van der Waals surface area contributed by atoms with Gasteiger partial charge in [-0.3, -0.25) is 19.5 Å². The molecule has 2 amide bonds. The van der Waals surface area contributed by atoms with Crippen LogP contribution in [0.5, 0.6) is 5.75 Å². The van der Waals surface area contributed by atoms with Crippen LogP contribution in [-0.4, -0.2) is 72.4 Å². The van der Waals surface area contributed by atoms with Crippen molar-refractivity contribution in [2.45, 2.75) is 50.5 Å². The molecule has 0 spiro atoms. The van der Waals surface area contributed by atoms with Crippen molar-refractivity contribution in [1.29, 1.82) is 0 Å². The van der Waals surface area contributed by atoms with Gasteiger partial charge in [0.15, 0.2) is 11.6 Å². The monoisotopic (exact) mass is 504 g/mol. The van der Waals surface area contributed by atoms with Gasteiger partial charge in [-0.2, -0.15) is 4.39 Å². The number of carbonyl (C=O) groups excluding carboxylic acids is 2. The Morgan fingerprint density at radius 2 is 2.11 bits per heavy atom. The number of nitrogens with one attached hydrogen (secondary N) is 1. The van der Waals surface area contributed by atoms with Crippen LogP contribution in [-0.2, 0) is 14.3 Å². The molecule has 36 heavy (non-hydrogen) atoms. The van der Waals surface area contributed by atoms with Crippen LogP contribution in [0.4, 0.5) is 14.5 Å². The summed E-state index contributed by atoms with van der Waals surface area (Å²) in [5, 5.41) is 2.69. The Bertz CT molecular complexity index is 1090. The van der Waals surface area contributed by atoms with Gasteiger partial charge < -0.3 is 25.3 Å². The van der Waals surface area contributed by atoms with E-state index >= 15 is 0 Å². The van der Waals surface area contributed by atoms with Crippen molar-refractivity contribution in [1.82, 2.24) is 9.88 Å². The molecule has 1 aromatic carbocycles. The first-order valence-electron chi connectivity index (χ1n) is 12.0. The van der Waals surface area contributed by atoms with Gasteiger partial charge in [-0.25, -0.2) is 4.39 Å². The molecular formula is C25H30F2N4O5. The summed E-state index contributed by atoms with van der Waals surface area (Å²) in [7, 11) is 0. The highest BCUT2D eigenvalue weighted by Gasteiger charge is 2.45. The van der Waals surface area contributed by atoms with Gasteiger partial charge in [0.1, 0.15) is 18.4 Å². The number of rotatable bonds is 7. The Morgan fingerprint density at radius 1 is 1.28 bits per heavy atom. The minimum Gasteiger partial charge on any atom is -0.489 e. The molecule has 0 radical (unpaired) electrons. The van der Waals surface area contributed by atoms with E-state index < -0.39 is 23.6 Å². The van der Waals surface area contributed by atoms with Crippen LogP contribution in [0.2, 0.25) is 0 Å². The first kappa shape index (κ1) is 25.9. The fourth-order valence-corrected chi connectivity index (χ4v) is 4.22. The van der Waals surface area contributed by atoms with E-state index in [1.807, 2.05) is 6.92 Å². The van der Waals surface area contributed by atoms with E-state index in [1.165, 1.54) is 24.4 Å². The van der Waals surface area contributed by atoms with Crippen molar-refractivity contribution >= 4 is 17.5 Å². The van der Waals surface area contributed by atoms with Gasteiger partial charge in [0, 0.05) is 31.0 Å². The van der Waals surface area contributed by atoms with Crippen molar-refractivity contribution < 1.29 is 32.6 Å². The molecule has 0 bridgehead atoms. The number of ether oxygens (including phenoxy) is 3. The van der Waals surface area contributed by atoms with Crippen LogP contribution in [0.25, 0.3) is 0 Å². The molecule has 9 nitrogen and oxygen atoms in total. The van der Waals surface area contributed by atoms with Gasteiger partial charge in [-0.1, -0.05) is 6.07 Å². The van der Waals surface area contributed by atoms with Crippen LogP contribution in [0.15, 0.2) is 36.5 Å². The lowest BCUT2D eigenvalue weighted by Crippen LogP contribution is -2.39. The Kier molecular flexibility index (Phi) is 8.44. The first-order chi connectivity index (χ1) is 17.3. The number of anilines is 1. The molecule has 1 aliphatic carbocycles. The van der Waals surface area contributed by atoms with Crippen LogP contribution in [0.3, 0.4) is 0 Å². The molecule has 4 atom stereocenters. The second-order valence-electron chi connectivity index (χ2n) is 8.94. The van der Waals surface area contributed by atoms with Crippen molar-refractivity contribution in [3.63, 3.8) is 0 Å². The lowest BCUT2D eigenvalue weighted by molar-refractivity contribution is -0.126. The third-order valence-corrected chi connectivity index (χ3v) is 6.24. The lowest BCUT2D eigenvalue weighted by atomic mass is 10.2. The molecule has 3 N–H and O–H groups in total. The number of aromatic nitrogens is 1. The third-order valence-electron chi connectivity index (χ3n) is 6.24. The topological polar surface area (TPSA) is 116 Å². The first-order valence-corrected chi connectivity index (χ1v) is 12.0. The normalized spacial score (nSPS) is 24.8. The van der Waals surface area contributed by atoms with E-state index in [1.54, 1.807) is 6.07 Å². The average Bonchev–Trinajstić information content (AvgIpc) is 3.54. The van der Waals surface area contributed by atoms with E-state index in [0.29, 0.717) is 30.9 Å². The van der Waals surface area contributed by atoms with Gasteiger partial charge in [0.05, 0.1) is 18.8 Å². The van der Waals surface area contributed by atoms with Crippen LogP contribution in [0, 0.1) is 11.6 Å². The second kappa shape index (κ2) is 11.7. The minimum atomic E-state index is -0.913. The molecule has 1 saturated carbocycles. The number of morpholine rings is 1. The largest absolute Gasteiger partial charge is 0.489 e. The number of primary amides is 1. The summed E-state index contributed by atoms with van der Waals surface area (Å²) in [5.74, 6) is -2.64. The van der Waals surface area contributed by atoms with Crippen LogP contribution >= 0.6 is 0 Å². The molecule has 2 aliphatic heterocycles. The van der Waals surface area contributed by atoms with Crippen molar-refractivity contribution in [2.75, 3.05) is 31.6 Å². The molecule has 2 saturated heterocycles. The molecule has 3 heterocycles. The molecule has 11 heteroatoms. The number of nitrogens with two attached hydrogens (primary N) is 1. The SMILES string of the molecule is CC1CCC(C(=O)Nc2ccnc(C(N)=O)c2)O1.Fc1cccc(OCCN2CCOC3CC32)c1F. The number of benzene rings is 1. The van der Waals surface area contributed by atoms with Gasteiger partial charge in [-0.05, 0) is 50.5 Å². The number of pyridine rings is 1. The predicted molar refractivity (Wildman–Crippen MR) is 127 cm³/mol. The second-order valence-corrected chi connectivity index (χ2v) is 8.94. The average molecular weight is 505 g/mol. The number of amides is 2. The van der Waals surface area contributed by atoms with E-state index in [4.69, 9.17) is 19.9 Å². The summed E-state index contributed by atoms with van der Waals surface area (Å²) in [4.78, 5) is 28.9. The van der Waals surface area contributed by atoms with Crippen molar-refractivity contribution in [3.05, 3.63) is 53.9 Å². The molecular weight excluding hydrogens is 474 g/mol. The summed E-state index contributed by atoms with van der Waals surface area (Å²) >= 11 is 0. The summed E-state index contributed by atoms with van der Waals surface area (Å²) in [5.41, 5.74) is 5.73. The van der Waals surface area contributed by atoms with E-state index in [2.05, 4.69) is 15.2 Å². The smallest absolute Gasteiger partial charge is 0.267 e. The third kappa shape index (κ3) is 6.74. The lowest BCUT2D eigenvalue weighted by Gasteiger charge is -2.26. The highest BCUT2D eigenvalue weighted by molar-refractivity contribution is 5.96. The Morgan fingerprint density at radius 3 is 2.86 bits per heavy atom. The summed E-state index contributed by atoms with van der Waals surface area (Å²) < 4.78 is 42.5. The summed E-state index contributed by atoms with van der Waals surface area (Å²) in [6.07, 6.45) is 4.15. The highest BCUT2D eigenvalue weighted by Crippen LogP contribution is 2.34. The van der Waals surface area contributed by atoms with Gasteiger partial charge in [0.25, 0.3) is 11.8 Å². The van der Waals surface area contributed by atoms with E-state index in [0.717, 1.165) is 38.6 Å². The van der Waals surface area contributed by atoms with Crippen LogP contribution < -0.4 is 15.8 Å². The number of nitrogens with zero attached hydrogens (tertiary/aromatic N) is 2. The number of halogens is 2. The van der Waals surface area contributed by atoms with Gasteiger partial charge in [-0.15, -0.1) is 0 Å². The quantitative estimate of drug-likeness (QED) is 0.595. The predicted octanol–water partition coefficient (Wildman–Crippen LogP) is 2.50. The van der Waals surface area contributed by atoms with E-state index in [-0.39, 0.29) is 23.5 Å².